The molecule has 1 aliphatic rings. The van der Waals surface area contributed by atoms with Gasteiger partial charge in [-0.3, -0.25) is 14.4 Å². The zero-order valence-corrected chi connectivity index (χ0v) is 15.0. The lowest BCUT2D eigenvalue weighted by molar-refractivity contribution is -0.133. The fraction of sp³-hybridized carbons (Fsp3) is 0.375. The second-order valence-electron chi connectivity index (χ2n) is 5.76. The highest BCUT2D eigenvalue weighted by molar-refractivity contribution is 7.98. The number of tetrazole rings is 1. The van der Waals surface area contributed by atoms with Gasteiger partial charge in [0.15, 0.2) is 17.3 Å². The van der Waals surface area contributed by atoms with Crippen molar-refractivity contribution in [1.29, 1.82) is 0 Å². The summed E-state index contributed by atoms with van der Waals surface area (Å²) >= 11 is 7.40. The molecule has 0 aliphatic heterocycles. The van der Waals surface area contributed by atoms with Gasteiger partial charge in [-0.05, 0) is 40.6 Å². The van der Waals surface area contributed by atoms with E-state index < -0.39 is 11.7 Å². The molecule has 0 amide bonds. The predicted octanol–water partition coefficient (Wildman–Crippen LogP) is 2.28. The van der Waals surface area contributed by atoms with Gasteiger partial charge in [0.05, 0.1) is 0 Å². The van der Waals surface area contributed by atoms with Gasteiger partial charge in [0.2, 0.25) is 5.16 Å². The van der Waals surface area contributed by atoms with Crippen LogP contribution in [0.25, 0.3) is 0 Å². The maximum atomic E-state index is 12.8. The number of halogens is 1. The van der Waals surface area contributed by atoms with Crippen LogP contribution >= 0.6 is 23.4 Å². The molecule has 1 heterocycles. The summed E-state index contributed by atoms with van der Waals surface area (Å²) in [5, 5.41) is 12.3. The van der Waals surface area contributed by atoms with E-state index >= 15 is 0 Å². The summed E-state index contributed by atoms with van der Waals surface area (Å²) in [4.78, 5) is 37.0. The van der Waals surface area contributed by atoms with E-state index in [1.165, 1.54) is 16.4 Å². The fourth-order valence-corrected chi connectivity index (χ4v) is 3.80. The molecule has 0 unspecified atom stereocenters. The summed E-state index contributed by atoms with van der Waals surface area (Å²) < 4.78 is 1.52. The van der Waals surface area contributed by atoms with Crippen LogP contribution in [0.5, 0.6) is 0 Å². The van der Waals surface area contributed by atoms with Gasteiger partial charge < -0.3 is 0 Å². The SMILES string of the molecule is Cn1nnnc1SCc1cc(Cl)ccc1C(=O)C1C(=O)CCCC1=O. The summed E-state index contributed by atoms with van der Waals surface area (Å²) in [6, 6.07) is 4.83. The lowest BCUT2D eigenvalue weighted by Crippen LogP contribution is -2.35. The molecule has 0 N–H and O–H groups in total. The third-order valence-corrected chi connectivity index (χ3v) is 5.32. The van der Waals surface area contributed by atoms with Gasteiger partial charge in [-0.2, -0.15) is 0 Å². The molecule has 1 aromatic heterocycles. The molecule has 2 aromatic rings. The molecular formula is C16H15ClN4O3S. The zero-order valence-electron chi connectivity index (χ0n) is 13.4. The van der Waals surface area contributed by atoms with Crippen LogP contribution < -0.4 is 0 Å². The molecule has 1 fully saturated rings. The highest BCUT2D eigenvalue weighted by atomic mass is 35.5. The molecule has 0 radical (unpaired) electrons. The summed E-state index contributed by atoms with van der Waals surface area (Å²) in [5.41, 5.74) is 0.998. The Morgan fingerprint density at radius 1 is 1.32 bits per heavy atom. The Morgan fingerprint density at radius 3 is 2.68 bits per heavy atom. The number of hydrogen-bond donors (Lipinski definition) is 0. The van der Waals surface area contributed by atoms with Gasteiger partial charge in [-0.1, -0.05) is 23.4 Å². The van der Waals surface area contributed by atoms with Crippen molar-refractivity contribution < 1.29 is 14.4 Å². The average molecular weight is 379 g/mol. The summed E-state index contributed by atoms with van der Waals surface area (Å²) in [5.74, 6) is -1.84. The number of thioether (sulfide) groups is 1. The number of aryl methyl sites for hydroxylation is 1. The molecule has 0 atom stereocenters. The summed E-state index contributed by atoms with van der Waals surface area (Å²) in [7, 11) is 1.71. The molecule has 9 heteroatoms. The Balaban J connectivity index is 1.88. The average Bonchev–Trinajstić information content (AvgIpc) is 2.98. The quantitative estimate of drug-likeness (QED) is 0.447. The third-order valence-electron chi connectivity index (χ3n) is 4.02. The van der Waals surface area contributed by atoms with Crippen molar-refractivity contribution in [3.8, 4) is 0 Å². The first-order chi connectivity index (χ1) is 12.0. The number of hydrogen-bond acceptors (Lipinski definition) is 7. The number of rotatable bonds is 5. The van der Waals surface area contributed by atoms with Crippen LogP contribution in [0.3, 0.4) is 0 Å². The van der Waals surface area contributed by atoms with E-state index in [4.69, 9.17) is 11.6 Å². The van der Waals surface area contributed by atoms with Crippen LogP contribution in [0.4, 0.5) is 0 Å². The third kappa shape index (κ3) is 3.80. The topological polar surface area (TPSA) is 94.8 Å². The number of carbonyl (C=O) groups excluding carboxylic acids is 3. The molecule has 0 bridgehead atoms. The molecule has 0 saturated heterocycles. The predicted molar refractivity (Wildman–Crippen MR) is 91.5 cm³/mol. The van der Waals surface area contributed by atoms with Crippen molar-refractivity contribution in [2.45, 2.75) is 30.2 Å². The monoisotopic (exact) mass is 378 g/mol. The maximum absolute atomic E-state index is 12.8. The molecular weight excluding hydrogens is 364 g/mol. The second-order valence-corrected chi connectivity index (χ2v) is 7.14. The van der Waals surface area contributed by atoms with Gasteiger partial charge in [-0.25, -0.2) is 4.68 Å². The van der Waals surface area contributed by atoms with Gasteiger partial charge in [0, 0.05) is 36.2 Å². The van der Waals surface area contributed by atoms with E-state index in [1.54, 1.807) is 25.2 Å². The van der Waals surface area contributed by atoms with Crippen LogP contribution in [0.1, 0.15) is 35.2 Å². The van der Waals surface area contributed by atoms with Gasteiger partial charge in [-0.15, -0.1) is 5.10 Å². The van der Waals surface area contributed by atoms with Crippen molar-refractivity contribution in [3.63, 3.8) is 0 Å². The Hall–Kier alpha value is -2.06. The van der Waals surface area contributed by atoms with Crippen molar-refractivity contribution in [3.05, 3.63) is 34.3 Å². The van der Waals surface area contributed by atoms with Gasteiger partial charge >= 0.3 is 0 Å². The van der Waals surface area contributed by atoms with E-state index in [1.807, 2.05) is 0 Å². The van der Waals surface area contributed by atoms with Crippen molar-refractivity contribution in [2.75, 3.05) is 0 Å². The molecule has 0 spiro atoms. The molecule has 3 rings (SSSR count). The first-order valence-corrected chi connectivity index (χ1v) is 9.07. The van der Waals surface area contributed by atoms with Crippen LogP contribution in [-0.2, 0) is 22.4 Å². The minimum Gasteiger partial charge on any atom is -0.298 e. The van der Waals surface area contributed by atoms with Crippen LogP contribution in [0, 0.1) is 5.92 Å². The van der Waals surface area contributed by atoms with E-state index in [9.17, 15) is 14.4 Å². The smallest absolute Gasteiger partial charge is 0.209 e. The lowest BCUT2D eigenvalue weighted by atomic mass is 9.81. The largest absolute Gasteiger partial charge is 0.298 e. The second kappa shape index (κ2) is 7.45. The fourth-order valence-electron chi connectivity index (χ4n) is 2.76. The van der Waals surface area contributed by atoms with Crippen LogP contribution in [0.2, 0.25) is 5.02 Å². The Morgan fingerprint density at radius 2 is 2.04 bits per heavy atom. The number of carbonyl (C=O) groups is 3. The molecule has 1 aromatic carbocycles. The number of Topliss-reactive ketones (excluding diaryl/α,β-unsaturated/α-hetero) is 3. The van der Waals surface area contributed by atoms with Gasteiger partial charge in [0.1, 0.15) is 5.92 Å². The van der Waals surface area contributed by atoms with E-state index in [0.29, 0.717) is 33.5 Å². The highest BCUT2D eigenvalue weighted by Gasteiger charge is 2.37. The molecule has 7 nitrogen and oxygen atoms in total. The lowest BCUT2D eigenvalue weighted by Gasteiger charge is -2.19. The number of benzene rings is 1. The van der Waals surface area contributed by atoms with Crippen LogP contribution in [0.15, 0.2) is 23.4 Å². The number of nitrogens with zero attached hydrogens (tertiary/aromatic N) is 4. The Kier molecular flexibility index (Phi) is 5.29. The molecule has 1 aliphatic carbocycles. The molecule has 25 heavy (non-hydrogen) atoms. The standard InChI is InChI=1S/C16H15ClN4O3S/c1-21-16(18-19-20-21)25-8-9-7-10(17)5-6-11(9)15(24)14-12(22)3-2-4-13(14)23/h5-7,14H,2-4,8H2,1H3. The molecule has 130 valence electrons. The van der Waals surface area contributed by atoms with E-state index in [-0.39, 0.29) is 24.4 Å². The first-order valence-electron chi connectivity index (χ1n) is 7.70. The first kappa shape index (κ1) is 17.8. The van der Waals surface area contributed by atoms with Gasteiger partial charge in [0.25, 0.3) is 0 Å². The zero-order chi connectivity index (χ0) is 18.0. The summed E-state index contributed by atoms with van der Waals surface area (Å²) in [6.45, 7) is 0. The maximum Gasteiger partial charge on any atom is 0.209 e. The Labute approximate surface area is 153 Å². The van der Waals surface area contributed by atoms with Crippen molar-refractivity contribution in [2.24, 2.45) is 13.0 Å². The minimum atomic E-state index is -1.19. The molecule has 1 saturated carbocycles. The van der Waals surface area contributed by atoms with Crippen molar-refractivity contribution in [1.82, 2.24) is 20.2 Å². The normalized spacial score (nSPS) is 15.6. The number of ketones is 3. The minimum absolute atomic E-state index is 0.268. The Bertz CT molecular complexity index is 836. The highest BCUT2D eigenvalue weighted by Crippen LogP contribution is 2.28. The van der Waals surface area contributed by atoms with Crippen LogP contribution in [-0.4, -0.2) is 37.6 Å². The summed E-state index contributed by atoms with van der Waals surface area (Å²) in [6.07, 6.45) is 1.05. The van der Waals surface area contributed by atoms with Crippen molar-refractivity contribution >= 4 is 40.7 Å². The van der Waals surface area contributed by atoms with E-state index in [0.717, 1.165) is 0 Å². The number of aromatic nitrogens is 4. The van der Waals surface area contributed by atoms with E-state index in [2.05, 4.69) is 15.5 Å².